The molecule has 4 heteroatoms. The number of hydrogen-bond donors (Lipinski definition) is 2. The minimum Gasteiger partial charge on any atom is -0.393 e. The molecule has 1 fully saturated rings. The molecule has 2 rings (SSSR count). The highest BCUT2D eigenvalue weighted by molar-refractivity contribution is 5.25. The summed E-state index contributed by atoms with van der Waals surface area (Å²) in [5, 5.41) is 13.2. The Labute approximate surface area is 96.7 Å². The molecule has 0 saturated heterocycles. The molecule has 2 unspecified atom stereocenters. The van der Waals surface area contributed by atoms with E-state index in [1.165, 1.54) is 12.8 Å². The lowest BCUT2D eigenvalue weighted by Crippen LogP contribution is -2.30. The van der Waals surface area contributed by atoms with E-state index in [1.807, 2.05) is 12.4 Å². The van der Waals surface area contributed by atoms with Crippen LogP contribution in [0.1, 0.15) is 32.6 Å². The molecule has 0 amide bonds. The van der Waals surface area contributed by atoms with Gasteiger partial charge in [-0.1, -0.05) is 12.8 Å². The topological polar surface area (TPSA) is 50.1 Å². The highest BCUT2D eigenvalue weighted by Crippen LogP contribution is 2.24. The van der Waals surface area contributed by atoms with Crippen LogP contribution in [0.3, 0.4) is 0 Å². The number of anilines is 1. The summed E-state index contributed by atoms with van der Waals surface area (Å²) in [5.74, 6) is 1.30. The van der Waals surface area contributed by atoms with Crippen molar-refractivity contribution in [3.63, 3.8) is 0 Å². The van der Waals surface area contributed by atoms with Crippen molar-refractivity contribution in [1.29, 1.82) is 0 Å². The maximum absolute atomic E-state index is 9.86. The minimum atomic E-state index is -0.133. The number of aliphatic hydroxyl groups excluding tert-OH is 1. The summed E-state index contributed by atoms with van der Waals surface area (Å²) in [7, 11) is 0. The van der Waals surface area contributed by atoms with E-state index in [9.17, 15) is 5.11 Å². The predicted molar refractivity (Wildman–Crippen MR) is 64.4 cm³/mol. The molecule has 0 bridgehead atoms. The quantitative estimate of drug-likeness (QED) is 0.819. The van der Waals surface area contributed by atoms with E-state index < -0.39 is 0 Å². The first-order valence-electron chi connectivity index (χ1n) is 6.24. The van der Waals surface area contributed by atoms with Gasteiger partial charge in [0.25, 0.3) is 0 Å². The first-order valence-corrected chi connectivity index (χ1v) is 6.24. The molecule has 1 saturated carbocycles. The average molecular weight is 223 g/mol. The van der Waals surface area contributed by atoms with Crippen molar-refractivity contribution in [2.75, 3.05) is 11.9 Å². The van der Waals surface area contributed by atoms with Gasteiger partial charge in [0.15, 0.2) is 0 Å². The van der Waals surface area contributed by atoms with Gasteiger partial charge in [-0.05, 0) is 19.8 Å². The van der Waals surface area contributed by atoms with Crippen LogP contribution in [0.25, 0.3) is 0 Å². The fraction of sp³-hybridized carbons (Fsp3) is 0.750. The molecule has 2 N–H and O–H groups in total. The summed E-state index contributed by atoms with van der Waals surface area (Å²) in [5.41, 5.74) is 0. The Balaban J connectivity index is 1.86. The zero-order valence-electron chi connectivity index (χ0n) is 9.89. The normalized spacial score (nSPS) is 25.6. The lowest BCUT2D eigenvalue weighted by Gasteiger charge is -2.27. The van der Waals surface area contributed by atoms with Crippen molar-refractivity contribution in [2.24, 2.45) is 5.92 Å². The van der Waals surface area contributed by atoms with Gasteiger partial charge in [0.1, 0.15) is 0 Å². The number of nitrogens with one attached hydrogen (secondary N) is 1. The number of aryl methyl sites for hydroxylation is 1. The summed E-state index contributed by atoms with van der Waals surface area (Å²) < 4.78 is 2.08. The first kappa shape index (κ1) is 11.5. The van der Waals surface area contributed by atoms with Crippen molar-refractivity contribution in [3.8, 4) is 0 Å². The molecule has 0 aromatic carbocycles. The highest BCUT2D eigenvalue weighted by atomic mass is 16.3. The Kier molecular flexibility index (Phi) is 3.83. The number of imidazole rings is 1. The standard InChI is InChI=1S/C12H21N3O/c1-2-15-8-7-13-12(15)14-9-10-5-3-4-6-11(10)16/h7-8,10-11,16H,2-6,9H2,1H3,(H,13,14). The molecule has 16 heavy (non-hydrogen) atoms. The second-order valence-electron chi connectivity index (χ2n) is 4.53. The number of rotatable bonds is 4. The van der Waals surface area contributed by atoms with Crippen LogP contribution in [-0.4, -0.2) is 27.3 Å². The third-order valence-electron chi connectivity index (χ3n) is 3.45. The van der Waals surface area contributed by atoms with E-state index in [-0.39, 0.29) is 6.10 Å². The summed E-state index contributed by atoms with van der Waals surface area (Å²) in [4.78, 5) is 4.27. The third-order valence-corrected chi connectivity index (χ3v) is 3.45. The van der Waals surface area contributed by atoms with Crippen LogP contribution >= 0.6 is 0 Å². The van der Waals surface area contributed by atoms with Crippen LogP contribution in [0.2, 0.25) is 0 Å². The smallest absolute Gasteiger partial charge is 0.202 e. The van der Waals surface area contributed by atoms with Gasteiger partial charge >= 0.3 is 0 Å². The van der Waals surface area contributed by atoms with Crippen molar-refractivity contribution < 1.29 is 5.11 Å². The molecule has 1 heterocycles. The van der Waals surface area contributed by atoms with Crippen molar-refractivity contribution in [2.45, 2.75) is 45.3 Å². The summed E-state index contributed by atoms with van der Waals surface area (Å²) in [6.07, 6.45) is 8.14. The highest BCUT2D eigenvalue weighted by Gasteiger charge is 2.22. The maximum atomic E-state index is 9.86. The van der Waals surface area contributed by atoms with E-state index >= 15 is 0 Å². The summed E-state index contributed by atoms with van der Waals surface area (Å²) in [6, 6.07) is 0. The van der Waals surface area contributed by atoms with E-state index in [0.29, 0.717) is 5.92 Å². The second kappa shape index (κ2) is 5.34. The number of nitrogens with zero attached hydrogens (tertiary/aromatic N) is 2. The van der Waals surface area contributed by atoms with Crippen molar-refractivity contribution >= 4 is 5.95 Å². The Hall–Kier alpha value is -1.03. The van der Waals surface area contributed by atoms with Gasteiger partial charge in [-0.15, -0.1) is 0 Å². The molecule has 90 valence electrons. The fourth-order valence-electron chi connectivity index (χ4n) is 2.38. The number of aliphatic hydroxyl groups is 1. The third kappa shape index (κ3) is 2.55. The van der Waals surface area contributed by atoms with E-state index in [2.05, 4.69) is 21.8 Å². The Morgan fingerprint density at radius 2 is 2.31 bits per heavy atom. The zero-order chi connectivity index (χ0) is 11.4. The molecule has 2 atom stereocenters. The van der Waals surface area contributed by atoms with Crippen LogP contribution in [0.4, 0.5) is 5.95 Å². The van der Waals surface area contributed by atoms with Gasteiger partial charge < -0.3 is 15.0 Å². The zero-order valence-corrected chi connectivity index (χ0v) is 9.89. The fourth-order valence-corrected chi connectivity index (χ4v) is 2.38. The minimum absolute atomic E-state index is 0.133. The molecule has 0 aliphatic heterocycles. The first-order chi connectivity index (χ1) is 7.81. The maximum Gasteiger partial charge on any atom is 0.202 e. The van der Waals surface area contributed by atoms with Crippen LogP contribution < -0.4 is 5.32 Å². The van der Waals surface area contributed by atoms with Gasteiger partial charge in [0.05, 0.1) is 6.10 Å². The van der Waals surface area contributed by atoms with Crippen molar-refractivity contribution in [1.82, 2.24) is 9.55 Å². The lowest BCUT2D eigenvalue weighted by molar-refractivity contribution is 0.0762. The van der Waals surface area contributed by atoms with Crippen molar-refractivity contribution in [3.05, 3.63) is 12.4 Å². The van der Waals surface area contributed by atoms with Gasteiger partial charge in [0.2, 0.25) is 5.95 Å². The molecular weight excluding hydrogens is 202 g/mol. The predicted octanol–water partition coefficient (Wildman–Crippen LogP) is 1.87. The Bertz CT molecular complexity index is 324. The Morgan fingerprint density at radius 1 is 1.50 bits per heavy atom. The molecule has 0 radical (unpaired) electrons. The number of hydrogen-bond acceptors (Lipinski definition) is 3. The lowest BCUT2D eigenvalue weighted by atomic mass is 9.86. The molecule has 0 spiro atoms. The second-order valence-corrected chi connectivity index (χ2v) is 4.53. The van der Waals surface area contributed by atoms with E-state index in [0.717, 1.165) is 31.9 Å². The van der Waals surface area contributed by atoms with Crippen LogP contribution in [-0.2, 0) is 6.54 Å². The average Bonchev–Trinajstić information content (AvgIpc) is 2.75. The van der Waals surface area contributed by atoms with E-state index in [4.69, 9.17) is 0 Å². The van der Waals surface area contributed by atoms with Gasteiger partial charge in [-0.25, -0.2) is 4.98 Å². The van der Waals surface area contributed by atoms with Crippen LogP contribution in [0.15, 0.2) is 12.4 Å². The van der Waals surface area contributed by atoms with Gasteiger partial charge in [0, 0.05) is 31.4 Å². The molecule has 4 nitrogen and oxygen atoms in total. The molecule has 1 aliphatic carbocycles. The monoisotopic (exact) mass is 223 g/mol. The molecular formula is C12H21N3O. The van der Waals surface area contributed by atoms with Crippen LogP contribution in [0, 0.1) is 5.92 Å². The summed E-state index contributed by atoms with van der Waals surface area (Å²) >= 11 is 0. The van der Waals surface area contributed by atoms with Crippen LogP contribution in [0.5, 0.6) is 0 Å². The largest absolute Gasteiger partial charge is 0.393 e. The summed E-state index contributed by atoms with van der Waals surface area (Å²) in [6.45, 7) is 3.86. The number of aromatic nitrogens is 2. The molecule has 1 aromatic rings. The van der Waals surface area contributed by atoms with Gasteiger partial charge in [-0.2, -0.15) is 0 Å². The van der Waals surface area contributed by atoms with E-state index in [1.54, 1.807) is 0 Å². The Morgan fingerprint density at radius 3 is 3.06 bits per heavy atom. The molecule has 1 aromatic heterocycles. The van der Waals surface area contributed by atoms with Gasteiger partial charge in [-0.3, -0.25) is 0 Å². The SMILES string of the molecule is CCn1ccnc1NCC1CCCCC1O. The molecule has 1 aliphatic rings.